The second kappa shape index (κ2) is 5.67. The number of nitrogens with one attached hydrogen (secondary N) is 1. The third-order valence-electron chi connectivity index (χ3n) is 3.23. The maximum absolute atomic E-state index is 5.41. The highest BCUT2D eigenvalue weighted by Gasteiger charge is 2.06. The molecular weight excluding hydrogens is 242 g/mol. The van der Waals surface area contributed by atoms with Crippen LogP contribution >= 0.6 is 12.2 Å². The molecule has 0 saturated heterocycles. The van der Waals surface area contributed by atoms with Crippen LogP contribution in [0.25, 0.3) is 11.0 Å². The van der Waals surface area contributed by atoms with Gasteiger partial charge in [0.15, 0.2) is 4.77 Å². The number of fused-ring (bicyclic) bond motifs is 1. The van der Waals surface area contributed by atoms with E-state index < -0.39 is 0 Å². The second-order valence-electron chi connectivity index (χ2n) is 5.06. The summed E-state index contributed by atoms with van der Waals surface area (Å²) in [6.45, 7) is 4.27. The van der Waals surface area contributed by atoms with E-state index in [0.29, 0.717) is 0 Å². The van der Waals surface area contributed by atoms with E-state index in [9.17, 15) is 0 Å². The monoisotopic (exact) mass is 263 g/mol. The molecule has 1 heterocycles. The third-order valence-corrected chi connectivity index (χ3v) is 3.55. The fourth-order valence-corrected chi connectivity index (χ4v) is 2.61. The number of H-pyrrole nitrogens is 1. The molecule has 1 N–H and O–H groups in total. The van der Waals surface area contributed by atoms with Gasteiger partial charge in [-0.25, -0.2) is 0 Å². The number of para-hydroxylation sites is 1. The van der Waals surface area contributed by atoms with Crippen LogP contribution in [0.4, 0.5) is 0 Å². The highest BCUT2D eigenvalue weighted by molar-refractivity contribution is 7.71. The predicted molar refractivity (Wildman–Crippen MR) is 79.6 cm³/mol. The molecule has 0 fully saturated rings. The van der Waals surface area contributed by atoms with Crippen LogP contribution in [-0.2, 0) is 6.54 Å². The van der Waals surface area contributed by atoms with Crippen molar-refractivity contribution >= 4 is 23.3 Å². The van der Waals surface area contributed by atoms with Crippen LogP contribution in [-0.4, -0.2) is 35.1 Å². The van der Waals surface area contributed by atoms with Gasteiger partial charge < -0.3 is 14.5 Å². The zero-order valence-electron chi connectivity index (χ0n) is 11.4. The number of hydrogen-bond donors (Lipinski definition) is 1. The van der Waals surface area contributed by atoms with Crippen LogP contribution in [0.1, 0.15) is 18.4 Å². The maximum atomic E-state index is 5.41. The molecule has 0 radical (unpaired) electrons. The molecule has 2 rings (SSSR count). The average molecular weight is 263 g/mol. The van der Waals surface area contributed by atoms with Crippen molar-refractivity contribution in [2.45, 2.75) is 26.3 Å². The molecule has 0 aliphatic rings. The molecule has 2 aromatic rings. The van der Waals surface area contributed by atoms with Gasteiger partial charge in [-0.1, -0.05) is 12.1 Å². The van der Waals surface area contributed by atoms with Crippen LogP contribution in [0.15, 0.2) is 18.2 Å². The Morgan fingerprint density at radius 2 is 2.06 bits per heavy atom. The lowest BCUT2D eigenvalue weighted by molar-refractivity contribution is 0.388. The van der Waals surface area contributed by atoms with Crippen LogP contribution in [0.5, 0.6) is 0 Å². The summed E-state index contributed by atoms with van der Waals surface area (Å²) in [4.78, 5) is 5.51. The second-order valence-corrected chi connectivity index (χ2v) is 5.45. The first-order valence-electron chi connectivity index (χ1n) is 6.42. The van der Waals surface area contributed by atoms with Gasteiger partial charge in [-0.05, 0) is 64.3 Å². The van der Waals surface area contributed by atoms with E-state index in [1.807, 2.05) is 0 Å². The van der Waals surface area contributed by atoms with Crippen molar-refractivity contribution in [2.24, 2.45) is 0 Å². The van der Waals surface area contributed by atoms with Gasteiger partial charge in [0.2, 0.25) is 0 Å². The minimum Gasteiger partial charge on any atom is -0.331 e. The van der Waals surface area contributed by atoms with Gasteiger partial charge in [0.25, 0.3) is 0 Å². The molecule has 0 aliphatic heterocycles. The summed E-state index contributed by atoms with van der Waals surface area (Å²) >= 11 is 5.41. The molecule has 0 spiro atoms. The first-order valence-corrected chi connectivity index (χ1v) is 6.83. The molecule has 0 atom stereocenters. The summed E-state index contributed by atoms with van der Waals surface area (Å²) in [5.74, 6) is 0. The highest BCUT2D eigenvalue weighted by Crippen LogP contribution is 2.18. The number of imidazole rings is 1. The van der Waals surface area contributed by atoms with Crippen molar-refractivity contribution in [3.63, 3.8) is 0 Å². The van der Waals surface area contributed by atoms with Gasteiger partial charge >= 0.3 is 0 Å². The summed E-state index contributed by atoms with van der Waals surface area (Å²) < 4.78 is 3.07. The lowest BCUT2D eigenvalue weighted by atomic mass is 10.2. The smallest absolute Gasteiger partial charge is 0.178 e. The SMILES string of the molecule is Cc1cccc2[nH]c(=S)n(CCCCN(C)C)c12. The number of aryl methyl sites for hydroxylation is 2. The topological polar surface area (TPSA) is 24.0 Å². The molecule has 0 bridgehead atoms. The van der Waals surface area contributed by atoms with Crippen LogP contribution in [0.3, 0.4) is 0 Å². The molecule has 1 aromatic heterocycles. The summed E-state index contributed by atoms with van der Waals surface area (Å²) in [5, 5.41) is 0. The van der Waals surface area contributed by atoms with Crippen LogP contribution in [0, 0.1) is 11.7 Å². The zero-order valence-corrected chi connectivity index (χ0v) is 12.2. The normalized spacial score (nSPS) is 11.6. The predicted octanol–water partition coefficient (Wildman–Crippen LogP) is 3.35. The van der Waals surface area contributed by atoms with Gasteiger partial charge in [-0.15, -0.1) is 0 Å². The Morgan fingerprint density at radius 1 is 1.28 bits per heavy atom. The number of unbranched alkanes of at least 4 members (excludes halogenated alkanes) is 1. The van der Waals surface area contributed by atoms with E-state index >= 15 is 0 Å². The summed E-state index contributed by atoms with van der Waals surface area (Å²) in [7, 11) is 4.23. The molecule has 98 valence electrons. The standard InChI is InChI=1S/C14H21N3S/c1-11-7-6-8-12-13(11)17(14(18)15-12)10-5-4-9-16(2)3/h6-8H,4-5,9-10H2,1-3H3,(H,15,18). The quantitative estimate of drug-likeness (QED) is 0.661. The molecule has 0 saturated carbocycles. The number of rotatable bonds is 5. The van der Waals surface area contributed by atoms with E-state index in [1.165, 1.54) is 17.5 Å². The Kier molecular flexibility index (Phi) is 4.19. The fraction of sp³-hybridized carbons (Fsp3) is 0.500. The van der Waals surface area contributed by atoms with Gasteiger partial charge in [-0.3, -0.25) is 0 Å². The molecule has 0 amide bonds. The maximum Gasteiger partial charge on any atom is 0.178 e. The number of nitrogens with zero attached hydrogens (tertiary/aromatic N) is 2. The minimum atomic E-state index is 0.837. The lowest BCUT2D eigenvalue weighted by Gasteiger charge is -2.10. The summed E-state index contributed by atoms with van der Waals surface area (Å²) in [6, 6.07) is 6.30. The van der Waals surface area contributed by atoms with Crippen molar-refractivity contribution in [3.8, 4) is 0 Å². The fourth-order valence-electron chi connectivity index (χ4n) is 2.31. The van der Waals surface area contributed by atoms with E-state index in [1.54, 1.807) is 0 Å². The molecule has 4 heteroatoms. The largest absolute Gasteiger partial charge is 0.331 e. The van der Waals surface area contributed by atoms with E-state index in [4.69, 9.17) is 12.2 Å². The Hall–Kier alpha value is -1.13. The molecule has 18 heavy (non-hydrogen) atoms. The Morgan fingerprint density at radius 3 is 2.78 bits per heavy atom. The third kappa shape index (κ3) is 2.82. The average Bonchev–Trinajstić information content (AvgIpc) is 2.62. The molecule has 3 nitrogen and oxygen atoms in total. The van der Waals surface area contributed by atoms with Crippen molar-refractivity contribution in [1.82, 2.24) is 14.5 Å². The van der Waals surface area contributed by atoms with Gasteiger partial charge in [0, 0.05) is 6.54 Å². The van der Waals surface area contributed by atoms with Gasteiger partial charge in [0.1, 0.15) is 0 Å². The number of hydrogen-bond acceptors (Lipinski definition) is 2. The summed E-state index contributed by atoms with van der Waals surface area (Å²) in [5.41, 5.74) is 3.69. The van der Waals surface area contributed by atoms with Gasteiger partial charge in [-0.2, -0.15) is 0 Å². The first-order chi connectivity index (χ1) is 8.59. The van der Waals surface area contributed by atoms with E-state index in [-0.39, 0.29) is 0 Å². The number of aromatic nitrogens is 2. The number of aromatic amines is 1. The van der Waals surface area contributed by atoms with Crippen molar-refractivity contribution in [3.05, 3.63) is 28.5 Å². The molecule has 1 aromatic carbocycles. The highest BCUT2D eigenvalue weighted by atomic mass is 32.1. The van der Waals surface area contributed by atoms with Crippen molar-refractivity contribution in [1.29, 1.82) is 0 Å². The molecule has 0 aliphatic carbocycles. The van der Waals surface area contributed by atoms with Crippen LogP contribution in [0.2, 0.25) is 0 Å². The summed E-state index contributed by atoms with van der Waals surface area (Å²) in [6.07, 6.45) is 2.36. The first kappa shape index (κ1) is 13.3. The lowest BCUT2D eigenvalue weighted by Crippen LogP contribution is -2.13. The Bertz CT molecular complexity index is 580. The number of benzene rings is 1. The Balaban J connectivity index is 2.17. The van der Waals surface area contributed by atoms with E-state index in [0.717, 1.165) is 29.8 Å². The van der Waals surface area contributed by atoms with E-state index in [2.05, 4.69) is 53.7 Å². The molecule has 0 unspecified atom stereocenters. The minimum absolute atomic E-state index is 0.837. The zero-order chi connectivity index (χ0) is 13.1. The Labute approximate surface area is 113 Å². The van der Waals surface area contributed by atoms with Gasteiger partial charge in [0.05, 0.1) is 11.0 Å². The van der Waals surface area contributed by atoms with Crippen molar-refractivity contribution < 1.29 is 0 Å². The van der Waals surface area contributed by atoms with Crippen molar-refractivity contribution in [2.75, 3.05) is 20.6 Å². The van der Waals surface area contributed by atoms with Crippen LogP contribution < -0.4 is 0 Å². The molecular formula is C14H21N3S.